The first kappa shape index (κ1) is 21.7. The summed E-state index contributed by atoms with van der Waals surface area (Å²) in [6.07, 6.45) is 1.48. The Balaban J connectivity index is 2.23. The van der Waals surface area contributed by atoms with Gasteiger partial charge >= 0.3 is 5.97 Å². The molecule has 0 fully saturated rings. The molecule has 0 radical (unpaired) electrons. The molecule has 1 heterocycles. The zero-order valence-corrected chi connectivity index (χ0v) is 17.0. The third-order valence-corrected chi connectivity index (χ3v) is 4.78. The van der Waals surface area contributed by atoms with Gasteiger partial charge in [0.1, 0.15) is 24.1 Å². The van der Waals surface area contributed by atoms with Crippen LogP contribution in [-0.4, -0.2) is 24.3 Å². The van der Waals surface area contributed by atoms with Gasteiger partial charge in [-0.3, -0.25) is 0 Å². The van der Waals surface area contributed by atoms with Gasteiger partial charge in [-0.25, -0.2) is 9.18 Å². The van der Waals surface area contributed by atoms with E-state index in [1.54, 1.807) is 7.11 Å². The Bertz CT molecular complexity index is 924. The number of halogens is 2. The van der Waals surface area contributed by atoms with E-state index in [0.29, 0.717) is 6.61 Å². The molecule has 0 amide bonds. The monoisotopic (exact) mass is 404 g/mol. The van der Waals surface area contributed by atoms with Gasteiger partial charge in [0.2, 0.25) is 0 Å². The van der Waals surface area contributed by atoms with Gasteiger partial charge in [-0.2, -0.15) is 5.26 Å². The minimum atomic E-state index is -0.837. The van der Waals surface area contributed by atoms with E-state index in [9.17, 15) is 14.4 Å². The number of hydrogen-bond acceptors (Lipinski definition) is 4. The minimum absolute atomic E-state index is 0.0707. The molecule has 5 nitrogen and oxygen atoms in total. The number of hydrogen-bond donors (Lipinski definition) is 0. The van der Waals surface area contributed by atoms with Crippen molar-refractivity contribution in [2.45, 2.75) is 33.4 Å². The molecule has 1 aromatic carbocycles. The van der Waals surface area contributed by atoms with Crippen LogP contribution in [-0.2, 0) is 20.9 Å². The Kier molecular flexibility index (Phi) is 7.38. The molecule has 0 spiro atoms. The van der Waals surface area contributed by atoms with E-state index in [1.165, 1.54) is 24.3 Å². The lowest BCUT2D eigenvalue weighted by Crippen LogP contribution is -2.13. The van der Waals surface area contributed by atoms with E-state index >= 15 is 0 Å². The largest absolute Gasteiger partial charge is 0.457 e. The molecule has 0 saturated carbocycles. The smallest absolute Gasteiger partial charge is 0.349 e. The lowest BCUT2D eigenvalue weighted by molar-refractivity contribution is -0.139. The Hall–Kier alpha value is -2.62. The zero-order chi connectivity index (χ0) is 20.8. The van der Waals surface area contributed by atoms with Crippen LogP contribution in [0.3, 0.4) is 0 Å². The number of nitriles is 1. The minimum Gasteiger partial charge on any atom is -0.457 e. The van der Waals surface area contributed by atoms with Gasteiger partial charge < -0.3 is 14.0 Å². The van der Waals surface area contributed by atoms with Crippen molar-refractivity contribution in [2.75, 3.05) is 13.7 Å². The fourth-order valence-corrected chi connectivity index (χ4v) is 3.34. The van der Waals surface area contributed by atoms with Crippen molar-refractivity contribution in [2.24, 2.45) is 0 Å². The van der Waals surface area contributed by atoms with Crippen molar-refractivity contribution >= 4 is 23.6 Å². The fourth-order valence-electron chi connectivity index (χ4n) is 3.12. The Morgan fingerprint density at radius 2 is 2.14 bits per heavy atom. The number of aromatic nitrogens is 1. The van der Waals surface area contributed by atoms with Crippen molar-refractivity contribution in [3.8, 4) is 6.07 Å². The van der Waals surface area contributed by atoms with Crippen molar-refractivity contribution in [1.82, 2.24) is 4.57 Å². The zero-order valence-electron chi connectivity index (χ0n) is 16.3. The molecule has 0 N–H and O–H groups in total. The summed E-state index contributed by atoms with van der Waals surface area (Å²) in [5.74, 6) is -1.41. The van der Waals surface area contributed by atoms with E-state index in [0.717, 1.165) is 17.0 Å². The van der Waals surface area contributed by atoms with E-state index in [-0.39, 0.29) is 28.8 Å². The molecule has 148 valence electrons. The summed E-state index contributed by atoms with van der Waals surface area (Å²) in [5.41, 5.74) is 2.52. The van der Waals surface area contributed by atoms with Crippen LogP contribution in [0.5, 0.6) is 0 Å². The number of ether oxygens (including phenoxy) is 2. The summed E-state index contributed by atoms with van der Waals surface area (Å²) in [4.78, 5) is 12.3. The number of nitrogens with zero attached hydrogens (tertiary/aromatic N) is 2. The molecule has 0 aliphatic carbocycles. The molecular formula is C21H22ClFN2O3. The summed E-state index contributed by atoms with van der Waals surface area (Å²) in [6, 6.07) is 8.04. The highest BCUT2D eigenvalue weighted by Gasteiger charge is 2.17. The lowest BCUT2D eigenvalue weighted by Gasteiger charge is -2.17. The second kappa shape index (κ2) is 9.54. The van der Waals surface area contributed by atoms with Gasteiger partial charge in [0.25, 0.3) is 0 Å². The standard InChI is InChI=1S/C21H22ClFN2O3/c1-13-8-16(15(3)25(13)14(2)11-27-4)9-17(10-24)21(26)28-12-18-19(22)6-5-7-20(18)23/h5-9,14H,11-12H2,1-4H3/b17-9+/t14-/m1/s1. The fraction of sp³-hybridized carbons (Fsp3) is 0.333. The Morgan fingerprint density at radius 1 is 1.43 bits per heavy atom. The van der Waals surface area contributed by atoms with Gasteiger partial charge in [0.05, 0.1) is 17.7 Å². The second-order valence-corrected chi connectivity index (χ2v) is 6.85. The van der Waals surface area contributed by atoms with Crippen LogP contribution in [0, 0.1) is 31.0 Å². The molecule has 1 atom stereocenters. The molecule has 0 aliphatic rings. The number of carbonyl (C=O) groups excluding carboxylic acids is 1. The van der Waals surface area contributed by atoms with Crippen LogP contribution in [0.4, 0.5) is 4.39 Å². The average Bonchev–Trinajstić information content (AvgIpc) is 2.92. The summed E-state index contributed by atoms with van der Waals surface area (Å²) in [7, 11) is 1.64. The number of rotatable bonds is 7. The maximum Gasteiger partial charge on any atom is 0.349 e. The first-order valence-electron chi connectivity index (χ1n) is 8.69. The van der Waals surface area contributed by atoms with Gasteiger partial charge in [0, 0.05) is 24.1 Å². The van der Waals surface area contributed by atoms with E-state index < -0.39 is 11.8 Å². The average molecular weight is 405 g/mol. The summed E-state index contributed by atoms with van der Waals surface area (Å²) in [6.45, 7) is 6.06. The number of carbonyl (C=O) groups is 1. The summed E-state index contributed by atoms with van der Waals surface area (Å²) in [5, 5.41) is 9.54. The van der Waals surface area contributed by atoms with Crippen LogP contribution in [0.15, 0.2) is 29.8 Å². The Morgan fingerprint density at radius 3 is 2.75 bits per heavy atom. The predicted molar refractivity (Wildman–Crippen MR) is 105 cm³/mol. The Labute approximate surface area is 168 Å². The van der Waals surface area contributed by atoms with Crippen LogP contribution in [0.2, 0.25) is 5.02 Å². The molecular weight excluding hydrogens is 383 g/mol. The third kappa shape index (κ3) is 4.80. The first-order valence-corrected chi connectivity index (χ1v) is 9.07. The molecule has 7 heteroatoms. The third-order valence-electron chi connectivity index (χ3n) is 4.42. The SMILES string of the molecule is COC[C@@H](C)n1c(C)cc(/C=C(\C#N)C(=O)OCc2c(F)cccc2Cl)c1C. The van der Waals surface area contributed by atoms with Crippen LogP contribution in [0.25, 0.3) is 6.08 Å². The van der Waals surface area contributed by atoms with Gasteiger partial charge in [-0.15, -0.1) is 0 Å². The van der Waals surface area contributed by atoms with Crippen molar-refractivity contribution in [3.63, 3.8) is 0 Å². The van der Waals surface area contributed by atoms with E-state index in [4.69, 9.17) is 21.1 Å². The van der Waals surface area contributed by atoms with Gasteiger partial charge in [-0.05, 0) is 50.6 Å². The first-order chi connectivity index (χ1) is 13.3. The van der Waals surface area contributed by atoms with Gasteiger partial charge in [-0.1, -0.05) is 17.7 Å². The highest BCUT2D eigenvalue weighted by atomic mass is 35.5. The number of aryl methyl sites for hydroxylation is 1. The molecule has 2 rings (SSSR count). The molecule has 0 unspecified atom stereocenters. The predicted octanol–water partition coefficient (Wildman–Crippen LogP) is 4.76. The van der Waals surface area contributed by atoms with Crippen molar-refractivity contribution < 1.29 is 18.7 Å². The maximum absolute atomic E-state index is 13.8. The van der Waals surface area contributed by atoms with Gasteiger partial charge in [0.15, 0.2) is 0 Å². The number of methoxy groups -OCH3 is 1. The quantitative estimate of drug-likeness (QED) is 0.379. The van der Waals surface area contributed by atoms with Crippen molar-refractivity contribution in [3.05, 3.63) is 63.2 Å². The van der Waals surface area contributed by atoms with E-state index in [2.05, 4.69) is 4.57 Å². The molecule has 28 heavy (non-hydrogen) atoms. The second-order valence-electron chi connectivity index (χ2n) is 6.45. The summed E-state index contributed by atoms with van der Waals surface area (Å²) < 4.78 is 26.2. The highest BCUT2D eigenvalue weighted by Crippen LogP contribution is 2.24. The molecule has 0 aliphatic heterocycles. The maximum atomic E-state index is 13.8. The lowest BCUT2D eigenvalue weighted by atomic mass is 10.1. The molecule has 1 aromatic heterocycles. The normalized spacial score (nSPS) is 12.5. The highest BCUT2D eigenvalue weighted by molar-refractivity contribution is 6.31. The van der Waals surface area contributed by atoms with Crippen LogP contribution >= 0.6 is 11.6 Å². The molecule has 2 aromatic rings. The van der Waals surface area contributed by atoms with E-state index in [1.807, 2.05) is 32.9 Å². The number of esters is 1. The van der Waals surface area contributed by atoms with Crippen LogP contribution in [0.1, 0.15) is 35.5 Å². The van der Waals surface area contributed by atoms with Crippen LogP contribution < -0.4 is 0 Å². The molecule has 0 bridgehead atoms. The molecule has 0 saturated heterocycles. The number of benzene rings is 1. The topological polar surface area (TPSA) is 64.2 Å². The van der Waals surface area contributed by atoms with Crippen molar-refractivity contribution in [1.29, 1.82) is 5.26 Å². The summed E-state index contributed by atoms with van der Waals surface area (Å²) >= 11 is 5.93.